The van der Waals surface area contributed by atoms with E-state index in [2.05, 4.69) is 15.4 Å². The molecule has 0 aliphatic rings. The molecule has 0 unspecified atom stereocenters. The lowest BCUT2D eigenvalue weighted by Gasteiger charge is -2.16. The van der Waals surface area contributed by atoms with Crippen LogP contribution in [-0.2, 0) is 11.0 Å². The van der Waals surface area contributed by atoms with Gasteiger partial charge < -0.3 is 15.4 Å². The van der Waals surface area contributed by atoms with Crippen molar-refractivity contribution in [3.8, 4) is 22.6 Å². The quantitative estimate of drug-likeness (QED) is 0.183. The Kier molecular flexibility index (Phi) is 7.36. The second-order valence-electron chi connectivity index (χ2n) is 9.52. The number of aromatic amines is 1. The van der Waals surface area contributed by atoms with Crippen molar-refractivity contribution in [3.05, 3.63) is 101 Å². The maximum Gasteiger partial charge on any atom is 0.416 e. The molecule has 1 amide bonds. The number of aliphatic carboxylic acids is 1. The van der Waals surface area contributed by atoms with Crippen LogP contribution in [0.25, 0.3) is 33.5 Å². The van der Waals surface area contributed by atoms with Crippen LogP contribution in [0.5, 0.6) is 0 Å². The van der Waals surface area contributed by atoms with Gasteiger partial charge in [-0.25, -0.2) is 4.39 Å². The van der Waals surface area contributed by atoms with Crippen LogP contribution in [0.3, 0.4) is 0 Å². The number of H-pyrrole nitrogens is 1. The zero-order valence-corrected chi connectivity index (χ0v) is 21.7. The Bertz CT molecular complexity index is 1710. The largest absolute Gasteiger partial charge is 0.481 e. The zero-order chi connectivity index (χ0) is 29.3. The van der Waals surface area contributed by atoms with Crippen molar-refractivity contribution in [1.29, 1.82) is 0 Å². The lowest BCUT2D eigenvalue weighted by molar-refractivity contribution is -0.138. The second kappa shape index (κ2) is 10.9. The summed E-state index contributed by atoms with van der Waals surface area (Å²) in [7, 11) is 0. The van der Waals surface area contributed by atoms with Gasteiger partial charge in [-0.3, -0.25) is 14.3 Å². The highest BCUT2D eigenvalue weighted by Crippen LogP contribution is 2.36. The van der Waals surface area contributed by atoms with E-state index in [1.165, 1.54) is 0 Å². The average Bonchev–Trinajstić information content (AvgIpc) is 3.57. The summed E-state index contributed by atoms with van der Waals surface area (Å²) in [6.07, 6.45) is -4.86. The highest BCUT2D eigenvalue weighted by Gasteiger charge is 2.32. The Morgan fingerprint density at radius 3 is 2.44 bits per heavy atom. The number of para-hydroxylation sites is 1. The van der Waals surface area contributed by atoms with Crippen LogP contribution in [0.4, 0.5) is 17.6 Å². The summed E-state index contributed by atoms with van der Waals surface area (Å²) in [6.45, 7) is 1.82. The summed E-state index contributed by atoms with van der Waals surface area (Å²) in [5.74, 6) is -2.29. The molecular weight excluding hydrogens is 540 g/mol. The number of hydrogen-bond acceptors (Lipinski definition) is 3. The Morgan fingerprint density at radius 2 is 1.76 bits per heavy atom. The second-order valence-corrected chi connectivity index (χ2v) is 9.52. The molecular formula is C30H24F4N4O3. The first-order valence-corrected chi connectivity index (χ1v) is 12.7. The lowest BCUT2D eigenvalue weighted by Crippen LogP contribution is -2.26. The van der Waals surface area contributed by atoms with Gasteiger partial charge in [-0.1, -0.05) is 30.3 Å². The van der Waals surface area contributed by atoms with Gasteiger partial charge in [0.2, 0.25) is 0 Å². The van der Waals surface area contributed by atoms with Crippen molar-refractivity contribution < 1.29 is 32.3 Å². The number of carboxylic acid groups (broad SMARTS) is 1. The van der Waals surface area contributed by atoms with Crippen molar-refractivity contribution in [2.75, 3.05) is 6.54 Å². The first-order valence-electron chi connectivity index (χ1n) is 12.7. The fraction of sp³-hybridized carbons (Fsp3) is 0.167. The van der Waals surface area contributed by atoms with Gasteiger partial charge in [0, 0.05) is 28.6 Å². The number of aromatic nitrogens is 3. The van der Waals surface area contributed by atoms with Gasteiger partial charge in [0.15, 0.2) is 0 Å². The molecule has 0 saturated heterocycles. The first kappa shape index (κ1) is 27.6. The van der Waals surface area contributed by atoms with Crippen molar-refractivity contribution in [2.45, 2.75) is 25.6 Å². The van der Waals surface area contributed by atoms with Crippen LogP contribution < -0.4 is 5.32 Å². The van der Waals surface area contributed by atoms with E-state index < -0.39 is 35.5 Å². The fourth-order valence-electron chi connectivity index (χ4n) is 4.57. The number of amides is 1. The lowest BCUT2D eigenvalue weighted by atomic mass is 10.0. The van der Waals surface area contributed by atoms with Crippen molar-refractivity contribution in [1.82, 2.24) is 20.1 Å². The van der Waals surface area contributed by atoms with E-state index in [9.17, 15) is 27.2 Å². The molecule has 1 atom stereocenters. The maximum atomic E-state index is 14.8. The van der Waals surface area contributed by atoms with Crippen LogP contribution >= 0.6 is 0 Å². The number of carboxylic acids is 1. The topological polar surface area (TPSA) is 100 Å². The number of rotatable bonds is 8. The molecule has 3 N–H and O–H groups in total. The predicted octanol–water partition coefficient (Wildman–Crippen LogP) is 6.67. The highest BCUT2D eigenvalue weighted by molar-refractivity contribution is 5.94. The molecule has 11 heteroatoms. The summed E-state index contributed by atoms with van der Waals surface area (Å²) in [5.41, 5.74) is 1.82. The van der Waals surface area contributed by atoms with Crippen LogP contribution in [0, 0.1) is 5.82 Å². The molecule has 7 nitrogen and oxygen atoms in total. The molecule has 2 heterocycles. The Morgan fingerprint density at radius 1 is 1.02 bits per heavy atom. The van der Waals surface area contributed by atoms with Gasteiger partial charge in [0.1, 0.15) is 5.82 Å². The van der Waals surface area contributed by atoms with Crippen LogP contribution in [-0.4, -0.2) is 38.3 Å². The zero-order valence-electron chi connectivity index (χ0n) is 21.7. The van der Waals surface area contributed by atoms with E-state index in [-0.39, 0.29) is 24.2 Å². The molecule has 0 fully saturated rings. The Balaban J connectivity index is 1.54. The molecule has 0 bridgehead atoms. The molecule has 2 aromatic heterocycles. The van der Waals surface area contributed by atoms with Gasteiger partial charge in [-0.2, -0.15) is 18.3 Å². The third-order valence-corrected chi connectivity index (χ3v) is 6.76. The molecule has 0 spiro atoms. The molecule has 0 aliphatic heterocycles. The number of nitrogens with zero attached hydrogens (tertiary/aromatic N) is 2. The van der Waals surface area contributed by atoms with E-state index >= 15 is 0 Å². The number of hydrogen-bond donors (Lipinski definition) is 3. The van der Waals surface area contributed by atoms with E-state index in [1.807, 2.05) is 37.3 Å². The maximum absolute atomic E-state index is 14.8. The molecule has 5 aromatic rings. The number of carbonyl (C=O) groups is 2. The van der Waals surface area contributed by atoms with Crippen molar-refractivity contribution in [2.24, 2.45) is 0 Å². The van der Waals surface area contributed by atoms with E-state index in [0.717, 1.165) is 28.6 Å². The SMILES string of the molecule is C[C@@H](c1ccc(C(=O)NCCC(=O)O)cc1)n1nc(-c2cc(C(F)(F)F)ccc2F)cc1-c1cc2ccccc2[nH]1. The molecule has 0 aliphatic carbocycles. The van der Waals surface area contributed by atoms with Crippen molar-refractivity contribution in [3.63, 3.8) is 0 Å². The summed E-state index contributed by atoms with van der Waals surface area (Å²) < 4.78 is 56.7. The minimum absolute atomic E-state index is 0.0116. The fourth-order valence-corrected chi connectivity index (χ4v) is 4.57. The molecule has 5 rings (SSSR count). The third kappa shape index (κ3) is 5.84. The van der Waals surface area contributed by atoms with Crippen LogP contribution in [0.2, 0.25) is 0 Å². The average molecular weight is 565 g/mol. The minimum Gasteiger partial charge on any atom is -0.481 e. The summed E-state index contributed by atoms with van der Waals surface area (Å²) in [4.78, 5) is 26.3. The first-order chi connectivity index (χ1) is 19.5. The molecule has 3 aromatic carbocycles. The standard InChI is InChI=1S/C30H24F4N4O3/c1-17(18-6-8-19(9-7-18)29(41)35-13-12-28(39)40)38-27(26-14-20-4-2-3-5-24(20)36-26)16-25(37-38)22-15-21(30(32,33)34)10-11-23(22)31/h2-11,14-17,36H,12-13H2,1H3,(H,35,41)(H,39,40)/t17-/m0/s1. The molecule has 0 radical (unpaired) electrons. The number of nitrogens with one attached hydrogen (secondary N) is 2. The number of carbonyl (C=O) groups excluding carboxylic acids is 1. The van der Waals surface area contributed by atoms with Gasteiger partial charge >= 0.3 is 12.1 Å². The highest BCUT2D eigenvalue weighted by atomic mass is 19.4. The number of fused-ring (bicyclic) bond motifs is 1. The Labute approximate surface area is 231 Å². The van der Waals surface area contributed by atoms with Gasteiger partial charge in [-0.15, -0.1) is 0 Å². The van der Waals surface area contributed by atoms with Crippen LogP contribution in [0.1, 0.15) is 40.9 Å². The summed E-state index contributed by atoms with van der Waals surface area (Å²) in [6, 6.07) is 19.3. The number of alkyl halides is 3. The normalized spacial score (nSPS) is 12.4. The number of benzene rings is 3. The molecule has 210 valence electrons. The number of halogens is 4. The van der Waals surface area contributed by atoms with Crippen LogP contribution in [0.15, 0.2) is 78.9 Å². The predicted molar refractivity (Wildman–Crippen MR) is 145 cm³/mol. The van der Waals surface area contributed by atoms with Gasteiger partial charge in [-0.05, 0) is 61.0 Å². The van der Waals surface area contributed by atoms with Gasteiger partial charge in [0.25, 0.3) is 5.91 Å². The molecule has 0 saturated carbocycles. The third-order valence-electron chi connectivity index (χ3n) is 6.76. The minimum atomic E-state index is -4.65. The monoisotopic (exact) mass is 564 g/mol. The van der Waals surface area contributed by atoms with Crippen molar-refractivity contribution >= 4 is 22.8 Å². The van der Waals surface area contributed by atoms with E-state index in [4.69, 9.17) is 5.11 Å². The summed E-state index contributed by atoms with van der Waals surface area (Å²) >= 11 is 0. The van der Waals surface area contributed by atoms with Gasteiger partial charge in [0.05, 0.1) is 35.1 Å². The summed E-state index contributed by atoms with van der Waals surface area (Å²) in [5, 5.41) is 16.8. The van der Waals surface area contributed by atoms with E-state index in [0.29, 0.717) is 23.0 Å². The Hall–Kier alpha value is -4.93. The van der Waals surface area contributed by atoms with E-state index in [1.54, 1.807) is 35.0 Å². The molecule has 41 heavy (non-hydrogen) atoms. The smallest absolute Gasteiger partial charge is 0.416 e.